The Labute approximate surface area is 126 Å². The van der Waals surface area contributed by atoms with E-state index >= 15 is 0 Å². The molecule has 4 nitrogen and oxygen atoms in total. The van der Waals surface area contributed by atoms with Gasteiger partial charge in [-0.25, -0.2) is 0 Å². The number of aliphatic hydroxyl groups is 1. The Balaban J connectivity index is 2.61. The maximum Gasteiger partial charge on any atom is 0.225 e. The molecule has 0 aromatic heterocycles. The lowest BCUT2D eigenvalue weighted by atomic mass is 9.85. The normalized spacial score (nSPS) is 14.3. The van der Waals surface area contributed by atoms with Crippen molar-refractivity contribution in [2.45, 2.75) is 46.1 Å². The number of amides is 1. The van der Waals surface area contributed by atoms with Crippen LogP contribution in [-0.2, 0) is 15.2 Å². The van der Waals surface area contributed by atoms with Crippen molar-refractivity contribution in [3.05, 3.63) is 35.9 Å². The van der Waals surface area contributed by atoms with E-state index in [0.717, 1.165) is 5.56 Å². The molecular formula is C17H25NO3. The van der Waals surface area contributed by atoms with E-state index in [9.17, 15) is 14.7 Å². The molecule has 0 saturated heterocycles. The molecule has 0 spiro atoms. The van der Waals surface area contributed by atoms with Crippen molar-refractivity contribution in [3.63, 3.8) is 0 Å². The van der Waals surface area contributed by atoms with E-state index in [1.54, 1.807) is 6.92 Å². The highest BCUT2D eigenvalue weighted by atomic mass is 16.3. The second-order valence-electron chi connectivity index (χ2n) is 6.41. The number of ketones is 1. The molecule has 1 atom stereocenters. The Bertz CT molecular complexity index is 492. The summed E-state index contributed by atoms with van der Waals surface area (Å²) in [6.45, 7) is 6.95. The Morgan fingerprint density at radius 1 is 1.14 bits per heavy atom. The van der Waals surface area contributed by atoms with Crippen molar-refractivity contribution < 1.29 is 14.7 Å². The third-order valence-electron chi connectivity index (χ3n) is 3.71. The lowest BCUT2D eigenvalue weighted by molar-refractivity contribution is -0.131. The molecule has 1 rings (SSSR count). The molecule has 4 heteroatoms. The van der Waals surface area contributed by atoms with Gasteiger partial charge in [-0.3, -0.25) is 4.79 Å². The van der Waals surface area contributed by atoms with Crippen LogP contribution >= 0.6 is 0 Å². The fourth-order valence-corrected chi connectivity index (χ4v) is 1.99. The highest BCUT2D eigenvalue weighted by molar-refractivity contribution is 5.83. The minimum absolute atomic E-state index is 0.0761. The molecule has 0 heterocycles. The van der Waals surface area contributed by atoms with Gasteiger partial charge in [0.2, 0.25) is 5.91 Å². The maximum atomic E-state index is 12.2. The van der Waals surface area contributed by atoms with Crippen LogP contribution < -0.4 is 5.32 Å². The van der Waals surface area contributed by atoms with Crippen LogP contribution in [0.2, 0.25) is 0 Å². The van der Waals surface area contributed by atoms with Gasteiger partial charge in [0.25, 0.3) is 0 Å². The zero-order valence-corrected chi connectivity index (χ0v) is 13.3. The van der Waals surface area contributed by atoms with Crippen LogP contribution in [0.3, 0.4) is 0 Å². The second kappa shape index (κ2) is 6.85. The number of rotatable bonds is 7. The van der Waals surface area contributed by atoms with E-state index in [1.807, 2.05) is 44.2 Å². The SMILES string of the molecule is CC(=O)CCC(C)(C)C(=O)NCC(C)(O)c1ccccc1. The first-order valence-electron chi connectivity index (χ1n) is 7.21. The van der Waals surface area contributed by atoms with Gasteiger partial charge in [0.15, 0.2) is 0 Å². The van der Waals surface area contributed by atoms with Gasteiger partial charge in [-0.2, -0.15) is 0 Å². The minimum Gasteiger partial charge on any atom is -0.384 e. The Hall–Kier alpha value is -1.68. The monoisotopic (exact) mass is 291 g/mol. The molecule has 0 aliphatic heterocycles. The summed E-state index contributed by atoms with van der Waals surface area (Å²) in [7, 11) is 0. The lowest BCUT2D eigenvalue weighted by Crippen LogP contribution is -2.44. The van der Waals surface area contributed by atoms with Gasteiger partial charge in [-0.1, -0.05) is 44.2 Å². The Kier molecular flexibility index (Phi) is 5.67. The van der Waals surface area contributed by atoms with Crippen LogP contribution in [0.15, 0.2) is 30.3 Å². The predicted molar refractivity (Wildman–Crippen MR) is 82.7 cm³/mol. The quantitative estimate of drug-likeness (QED) is 0.810. The molecule has 0 bridgehead atoms. The summed E-state index contributed by atoms with van der Waals surface area (Å²) in [5, 5.41) is 13.2. The van der Waals surface area contributed by atoms with Crippen LogP contribution in [-0.4, -0.2) is 23.3 Å². The first-order chi connectivity index (χ1) is 9.65. The van der Waals surface area contributed by atoms with E-state index in [0.29, 0.717) is 12.8 Å². The van der Waals surface area contributed by atoms with Gasteiger partial charge < -0.3 is 15.2 Å². The van der Waals surface area contributed by atoms with Gasteiger partial charge in [-0.05, 0) is 25.8 Å². The summed E-state index contributed by atoms with van der Waals surface area (Å²) in [4.78, 5) is 23.3. The molecule has 0 radical (unpaired) electrons. The summed E-state index contributed by atoms with van der Waals surface area (Å²) in [5.74, 6) is -0.0767. The topological polar surface area (TPSA) is 66.4 Å². The molecule has 0 fully saturated rings. The van der Waals surface area contributed by atoms with Crippen LogP contribution in [0.4, 0.5) is 0 Å². The van der Waals surface area contributed by atoms with Crippen molar-refractivity contribution in [1.82, 2.24) is 5.32 Å². The molecule has 21 heavy (non-hydrogen) atoms. The molecule has 0 saturated carbocycles. The summed E-state index contributed by atoms with van der Waals surface area (Å²) in [6, 6.07) is 9.23. The molecular weight excluding hydrogens is 266 g/mol. The van der Waals surface area contributed by atoms with Gasteiger partial charge in [0.05, 0.1) is 6.54 Å². The number of carbonyl (C=O) groups excluding carboxylic acids is 2. The number of nitrogens with one attached hydrogen (secondary N) is 1. The summed E-state index contributed by atoms with van der Waals surface area (Å²) < 4.78 is 0. The van der Waals surface area contributed by atoms with Crippen molar-refractivity contribution in [2.24, 2.45) is 5.41 Å². The standard InChI is InChI=1S/C17H25NO3/c1-13(19)10-11-16(2,3)15(20)18-12-17(4,21)14-8-6-5-7-9-14/h5-9,21H,10-12H2,1-4H3,(H,18,20). The third kappa shape index (κ3) is 5.31. The molecule has 1 unspecified atom stereocenters. The van der Waals surface area contributed by atoms with E-state index in [1.165, 1.54) is 6.92 Å². The van der Waals surface area contributed by atoms with Crippen molar-refractivity contribution in [1.29, 1.82) is 0 Å². The van der Waals surface area contributed by atoms with Gasteiger partial charge in [-0.15, -0.1) is 0 Å². The van der Waals surface area contributed by atoms with E-state index in [2.05, 4.69) is 5.32 Å². The van der Waals surface area contributed by atoms with Gasteiger partial charge in [0, 0.05) is 11.8 Å². The molecule has 1 amide bonds. The molecule has 116 valence electrons. The highest BCUT2D eigenvalue weighted by Gasteiger charge is 2.30. The first kappa shape index (κ1) is 17.4. The van der Waals surface area contributed by atoms with Crippen LogP contribution in [0, 0.1) is 5.41 Å². The molecule has 1 aromatic rings. The number of hydrogen-bond donors (Lipinski definition) is 2. The van der Waals surface area contributed by atoms with E-state index < -0.39 is 11.0 Å². The van der Waals surface area contributed by atoms with Gasteiger partial charge >= 0.3 is 0 Å². The summed E-state index contributed by atoms with van der Waals surface area (Å²) in [5.41, 5.74) is -0.988. The zero-order valence-electron chi connectivity index (χ0n) is 13.3. The number of hydrogen-bond acceptors (Lipinski definition) is 3. The third-order valence-corrected chi connectivity index (χ3v) is 3.71. The molecule has 1 aromatic carbocycles. The smallest absolute Gasteiger partial charge is 0.225 e. The maximum absolute atomic E-state index is 12.2. The predicted octanol–water partition coefficient (Wildman–Crippen LogP) is 2.41. The largest absolute Gasteiger partial charge is 0.384 e. The van der Waals surface area contributed by atoms with Crippen molar-refractivity contribution in [3.8, 4) is 0 Å². The van der Waals surface area contributed by atoms with Crippen LogP contribution in [0.5, 0.6) is 0 Å². The molecule has 2 N–H and O–H groups in total. The molecule has 0 aliphatic carbocycles. The lowest BCUT2D eigenvalue weighted by Gasteiger charge is -2.28. The van der Waals surface area contributed by atoms with Crippen molar-refractivity contribution >= 4 is 11.7 Å². The zero-order chi connectivity index (χ0) is 16.1. The van der Waals surface area contributed by atoms with Crippen LogP contribution in [0.1, 0.15) is 46.1 Å². The second-order valence-corrected chi connectivity index (χ2v) is 6.41. The van der Waals surface area contributed by atoms with Gasteiger partial charge in [0.1, 0.15) is 11.4 Å². The summed E-state index contributed by atoms with van der Waals surface area (Å²) in [6.07, 6.45) is 0.886. The van der Waals surface area contributed by atoms with Crippen molar-refractivity contribution in [2.75, 3.05) is 6.54 Å². The average molecular weight is 291 g/mol. The molecule has 0 aliphatic rings. The Morgan fingerprint density at radius 2 is 1.71 bits per heavy atom. The first-order valence-corrected chi connectivity index (χ1v) is 7.21. The number of carbonyl (C=O) groups is 2. The highest BCUT2D eigenvalue weighted by Crippen LogP contribution is 2.24. The van der Waals surface area contributed by atoms with E-state index in [4.69, 9.17) is 0 Å². The number of Topliss-reactive ketones (excluding diaryl/α,β-unsaturated/α-hetero) is 1. The minimum atomic E-state index is -1.12. The fourth-order valence-electron chi connectivity index (χ4n) is 1.99. The average Bonchev–Trinajstić information content (AvgIpc) is 2.43. The van der Waals surface area contributed by atoms with E-state index in [-0.39, 0.29) is 18.2 Å². The van der Waals surface area contributed by atoms with Crippen LogP contribution in [0.25, 0.3) is 0 Å². The fraction of sp³-hybridized carbons (Fsp3) is 0.529. The Morgan fingerprint density at radius 3 is 2.24 bits per heavy atom. The number of benzene rings is 1. The summed E-state index contributed by atoms with van der Waals surface area (Å²) >= 11 is 0.